The Hall–Kier alpha value is -2.24. The summed E-state index contributed by atoms with van der Waals surface area (Å²) in [6, 6.07) is 0. The molecule has 110 valence electrons. The Balaban J connectivity index is 1.83. The van der Waals surface area contributed by atoms with Gasteiger partial charge in [0.15, 0.2) is 0 Å². The number of hydrogen-bond acceptors (Lipinski definition) is 4. The van der Waals surface area contributed by atoms with Crippen molar-refractivity contribution in [3.05, 3.63) is 41.7 Å². The number of likely N-dealkylation sites (tertiary alicyclic amines) is 1. The maximum atomic E-state index is 12.6. The van der Waals surface area contributed by atoms with Crippen molar-refractivity contribution in [1.82, 2.24) is 25.1 Å². The minimum Gasteiger partial charge on any atom is -0.338 e. The van der Waals surface area contributed by atoms with Crippen LogP contribution in [-0.2, 0) is 5.41 Å². The minimum absolute atomic E-state index is 0.00121. The zero-order valence-corrected chi connectivity index (χ0v) is 12.3. The Kier molecular flexibility index (Phi) is 3.45. The van der Waals surface area contributed by atoms with Gasteiger partial charge in [0, 0.05) is 36.6 Å². The van der Waals surface area contributed by atoms with Crippen molar-refractivity contribution in [3.63, 3.8) is 0 Å². The summed E-state index contributed by atoms with van der Waals surface area (Å²) in [5.74, 6) is -0.00121. The topological polar surface area (TPSA) is 74.8 Å². The average Bonchev–Trinajstić information content (AvgIpc) is 2.94. The highest BCUT2D eigenvalue weighted by atomic mass is 16.2. The van der Waals surface area contributed by atoms with Gasteiger partial charge < -0.3 is 4.90 Å². The van der Waals surface area contributed by atoms with E-state index in [9.17, 15) is 4.79 Å². The second kappa shape index (κ2) is 5.27. The highest BCUT2D eigenvalue weighted by Crippen LogP contribution is 2.34. The van der Waals surface area contributed by atoms with Crippen molar-refractivity contribution < 1.29 is 4.79 Å². The van der Waals surface area contributed by atoms with Crippen LogP contribution in [0.25, 0.3) is 0 Å². The molecule has 0 bridgehead atoms. The van der Waals surface area contributed by atoms with Gasteiger partial charge in [-0.05, 0) is 25.3 Å². The number of H-pyrrole nitrogens is 1. The summed E-state index contributed by atoms with van der Waals surface area (Å²) in [5, 5.41) is 7.22. The maximum absolute atomic E-state index is 12.6. The van der Waals surface area contributed by atoms with Crippen molar-refractivity contribution >= 4 is 5.91 Å². The first kappa shape index (κ1) is 13.7. The van der Waals surface area contributed by atoms with Crippen LogP contribution in [0.4, 0.5) is 0 Å². The zero-order valence-electron chi connectivity index (χ0n) is 12.3. The molecule has 1 N–H and O–H groups in total. The van der Waals surface area contributed by atoms with Gasteiger partial charge in [0.1, 0.15) is 6.33 Å². The van der Waals surface area contributed by atoms with E-state index in [4.69, 9.17) is 0 Å². The third kappa shape index (κ3) is 2.53. The van der Waals surface area contributed by atoms with Gasteiger partial charge in [-0.3, -0.25) is 9.89 Å². The molecular formula is C15H19N5O. The molecule has 0 unspecified atom stereocenters. The molecule has 0 aliphatic carbocycles. The molecular weight excluding hydrogens is 266 g/mol. The lowest BCUT2D eigenvalue weighted by molar-refractivity contribution is 0.0646. The second-order valence-electron chi connectivity index (χ2n) is 5.95. The highest BCUT2D eigenvalue weighted by Gasteiger charge is 2.37. The van der Waals surface area contributed by atoms with Crippen LogP contribution in [0.2, 0.25) is 0 Å². The SMILES string of the molecule is Cc1cn[nH]c1[C@@]1(C)CCCN(C(=O)c2cncnc2)C1. The number of carbonyl (C=O) groups is 1. The smallest absolute Gasteiger partial charge is 0.257 e. The van der Waals surface area contributed by atoms with Crippen LogP contribution in [0.3, 0.4) is 0 Å². The molecule has 3 rings (SSSR count). The molecule has 1 saturated heterocycles. The van der Waals surface area contributed by atoms with E-state index < -0.39 is 0 Å². The van der Waals surface area contributed by atoms with E-state index in [0.29, 0.717) is 12.1 Å². The van der Waals surface area contributed by atoms with Gasteiger partial charge >= 0.3 is 0 Å². The lowest BCUT2D eigenvalue weighted by Gasteiger charge is -2.40. The first-order valence-corrected chi connectivity index (χ1v) is 7.15. The van der Waals surface area contributed by atoms with Crippen LogP contribution < -0.4 is 0 Å². The fourth-order valence-electron chi connectivity index (χ4n) is 3.17. The van der Waals surface area contributed by atoms with E-state index in [1.165, 1.54) is 6.33 Å². The summed E-state index contributed by atoms with van der Waals surface area (Å²) >= 11 is 0. The molecule has 2 aromatic rings. The summed E-state index contributed by atoms with van der Waals surface area (Å²) in [4.78, 5) is 22.3. The standard InChI is InChI=1S/C15H19N5O/c1-11-6-18-19-13(11)15(2)4-3-5-20(9-15)14(21)12-7-16-10-17-8-12/h6-8,10H,3-5,9H2,1-2H3,(H,18,19)/t15-/m0/s1. The van der Waals surface area contributed by atoms with Crippen LogP contribution in [0.15, 0.2) is 24.9 Å². The lowest BCUT2D eigenvalue weighted by Crippen LogP contribution is -2.47. The molecule has 1 fully saturated rings. The third-order valence-electron chi connectivity index (χ3n) is 4.22. The Morgan fingerprint density at radius 3 is 2.76 bits per heavy atom. The molecule has 3 heterocycles. The van der Waals surface area contributed by atoms with Crippen LogP contribution in [-0.4, -0.2) is 44.1 Å². The zero-order chi connectivity index (χ0) is 14.9. The molecule has 6 heteroatoms. The van der Waals surface area contributed by atoms with Crippen LogP contribution in [0, 0.1) is 6.92 Å². The third-order valence-corrected chi connectivity index (χ3v) is 4.22. The first-order chi connectivity index (χ1) is 10.1. The monoisotopic (exact) mass is 285 g/mol. The van der Waals surface area contributed by atoms with Gasteiger partial charge in [0.05, 0.1) is 11.8 Å². The number of aryl methyl sites for hydroxylation is 1. The van der Waals surface area contributed by atoms with Crippen molar-refractivity contribution in [2.24, 2.45) is 0 Å². The number of nitrogens with one attached hydrogen (secondary N) is 1. The van der Waals surface area contributed by atoms with E-state index in [0.717, 1.165) is 30.6 Å². The quantitative estimate of drug-likeness (QED) is 0.911. The fourth-order valence-corrected chi connectivity index (χ4v) is 3.17. The molecule has 2 aromatic heterocycles. The maximum Gasteiger partial charge on any atom is 0.257 e. The molecule has 0 spiro atoms. The minimum atomic E-state index is -0.0792. The predicted octanol–water partition coefficient (Wildman–Crippen LogP) is 1.70. The number of aromatic amines is 1. The van der Waals surface area contributed by atoms with Crippen molar-refractivity contribution in [2.75, 3.05) is 13.1 Å². The van der Waals surface area contributed by atoms with E-state index in [1.807, 2.05) is 11.1 Å². The highest BCUT2D eigenvalue weighted by molar-refractivity contribution is 5.93. The molecule has 0 aromatic carbocycles. The number of rotatable bonds is 2. The van der Waals surface area contributed by atoms with Gasteiger partial charge in [-0.15, -0.1) is 0 Å². The summed E-state index contributed by atoms with van der Waals surface area (Å²) in [6.45, 7) is 5.70. The first-order valence-electron chi connectivity index (χ1n) is 7.15. The number of amides is 1. The second-order valence-corrected chi connectivity index (χ2v) is 5.95. The van der Waals surface area contributed by atoms with Crippen LogP contribution in [0.1, 0.15) is 41.4 Å². The molecule has 0 radical (unpaired) electrons. The summed E-state index contributed by atoms with van der Waals surface area (Å²) in [7, 11) is 0. The Morgan fingerprint density at radius 1 is 1.33 bits per heavy atom. The van der Waals surface area contributed by atoms with Gasteiger partial charge in [0.2, 0.25) is 0 Å². The Bertz CT molecular complexity index is 639. The van der Waals surface area contributed by atoms with E-state index >= 15 is 0 Å². The van der Waals surface area contributed by atoms with Gasteiger partial charge in [-0.25, -0.2) is 9.97 Å². The van der Waals surface area contributed by atoms with Crippen LogP contribution in [0.5, 0.6) is 0 Å². The number of piperidine rings is 1. The van der Waals surface area contributed by atoms with Gasteiger partial charge in [-0.2, -0.15) is 5.10 Å². The molecule has 1 amide bonds. The molecule has 1 atom stereocenters. The van der Waals surface area contributed by atoms with Gasteiger partial charge in [0.25, 0.3) is 5.91 Å². The molecule has 6 nitrogen and oxygen atoms in total. The Morgan fingerprint density at radius 2 is 2.10 bits per heavy atom. The summed E-state index contributed by atoms with van der Waals surface area (Å²) in [6.07, 6.45) is 8.45. The van der Waals surface area contributed by atoms with E-state index in [2.05, 4.69) is 34.0 Å². The largest absolute Gasteiger partial charge is 0.338 e. The molecule has 0 saturated carbocycles. The number of carbonyl (C=O) groups excluding carboxylic acids is 1. The predicted molar refractivity (Wildman–Crippen MR) is 77.8 cm³/mol. The van der Waals surface area contributed by atoms with E-state index in [1.54, 1.807) is 12.4 Å². The number of hydrogen-bond donors (Lipinski definition) is 1. The van der Waals surface area contributed by atoms with Crippen molar-refractivity contribution in [1.29, 1.82) is 0 Å². The summed E-state index contributed by atoms with van der Waals surface area (Å²) in [5.41, 5.74) is 2.74. The molecule has 1 aliphatic heterocycles. The normalized spacial score (nSPS) is 22.3. The number of nitrogens with zero attached hydrogens (tertiary/aromatic N) is 4. The fraction of sp³-hybridized carbons (Fsp3) is 0.467. The molecule has 21 heavy (non-hydrogen) atoms. The Labute approximate surface area is 123 Å². The van der Waals surface area contributed by atoms with E-state index in [-0.39, 0.29) is 11.3 Å². The lowest BCUT2D eigenvalue weighted by atomic mass is 9.77. The van der Waals surface area contributed by atoms with Crippen molar-refractivity contribution in [2.45, 2.75) is 32.1 Å². The van der Waals surface area contributed by atoms with Crippen LogP contribution >= 0.6 is 0 Å². The van der Waals surface area contributed by atoms with Gasteiger partial charge in [-0.1, -0.05) is 6.92 Å². The average molecular weight is 285 g/mol. The number of aromatic nitrogens is 4. The van der Waals surface area contributed by atoms with Crippen molar-refractivity contribution in [3.8, 4) is 0 Å². The summed E-state index contributed by atoms with van der Waals surface area (Å²) < 4.78 is 0. The molecule has 1 aliphatic rings.